The first-order valence-corrected chi connectivity index (χ1v) is 4.43. The quantitative estimate of drug-likeness (QED) is 0.495. The Labute approximate surface area is 81.2 Å². The van der Waals surface area contributed by atoms with Crippen LogP contribution in [0.1, 0.15) is 5.56 Å². The van der Waals surface area contributed by atoms with Crippen LogP contribution in [0, 0.1) is 11.8 Å². The zero-order valence-corrected chi connectivity index (χ0v) is 7.70. The van der Waals surface area contributed by atoms with E-state index in [-0.39, 0.29) is 0 Å². The van der Waals surface area contributed by atoms with E-state index in [1.165, 1.54) is 0 Å². The third-order valence-corrected chi connectivity index (χ3v) is 1.74. The van der Waals surface area contributed by atoms with Crippen molar-refractivity contribution in [1.82, 2.24) is 14.6 Å². The van der Waals surface area contributed by atoms with Crippen LogP contribution in [0.4, 0.5) is 0 Å². The topological polar surface area (TPSA) is 30.2 Å². The van der Waals surface area contributed by atoms with Gasteiger partial charge in [-0.25, -0.2) is 9.50 Å². The molecule has 0 unspecified atom stereocenters. The Morgan fingerprint density at radius 2 is 2.46 bits per heavy atom. The third kappa shape index (κ3) is 1.51. The van der Waals surface area contributed by atoms with E-state index in [4.69, 9.17) is 0 Å². The zero-order chi connectivity index (χ0) is 9.10. The summed E-state index contributed by atoms with van der Waals surface area (Å²) in [5.74, 6) is 6.35. The average molecular weight is 189 g/mol. The van der Waals surface area contributed by atoms with Gasteiger partial charge in [0.15, 0.2) is 5.65 Å². The van der Waals surface area contributed by atoms with E-state index in [1.54, 1.807) is 16.9 Å². The Morgan fingerprint density at radius 1 is 1.54 bits per heavy atom. The zero-order valence-electron chi connectivity index (χ0n) is 6.81. The highest BCUT2D eigenvalue weighted by molar-refractivity contribution is 7.80. The maximum absolute atomic E-state index is 4.17. The molecule has 2 rings (SSSR count). The Hall–Kier alpha value is -1.47. The normalized spacial score (nSPS) is 9.62. The van der Waals surface area contributed by atoms with Gasteiger partial charge in [0.1, 0.15) is 0 Å². The minimum atomic E-state index is 0.546. The van der Waals surface area contributed by atoms with Gasteiger partial charge in [0.2, 0.25) is 0 Å². The van der Waals surface area contributed by atoms with Crippen LogP contribution >= 0.6 is 12.6 Å². The summed E-state index contributed by atoms with van der Waals surface area (Å²) >= 11 is 4.00. The van der Waals surface area contributed by atoms with E-state index in [9.17, 15) is 0 Å². The molecule has 0 fully saturated rings. The lowest BCUT2D eigenvalue weighted by Crippen LogP contribution is -1.87. The van der Waals surface area contributed by atoms with Crippen LogP contribution in [0.3, 0.4) is 0 Å². The molecule has 0 saturated carbocycles. The van der Waals surface area contributed by atoms with Gasteiger partial charge in [-0.3, -0.25) is 0 Å². The van der Waals surface area contributed by atoms with Gasteiger partial charge in [-0.15, -0.1) is 0 Å². The minimum Gasteiger partial charge on any atom is -0.236 e. The minimum absolute atomic E-state index is 0.546. The molecule has 2 heterocycles. The predicted molar refractivity (Wildman–Crippen MR) is 53.7 cm³/mol. The monoisotopic (exact) mass is 189 g/mol. The van der Waals surface area contributed by atoms with Crippen LogP contribution in [0.5, 0.6) is 0 Å². The second-order valence-corrected chi connectivity index (χ2v) is 2.72. The summed E-state index contributed by atoms with van der Waals surface area (Å²) in [7, 11) is 0. The summed E-state index contributed by atoms with van der Waals surface area (Å²) in [6.45, 7) is 0. The van der Waals surface area contributed by atoms with E-state index in [0.717, 1.165) is 11.2 Å². The Kier molecular flexibility index (Phi) is 2.19. The highest BCUT2D eigenvalue weighted by atomic mass is 32.1. The van der Waals surface area contributed by atoms with Crippen molar-refractivity contribution >= 4 is 18.3 Å². The molecule has 0 radical (unpaired) electrons. The first-order chi connectivity index (χ1) is 6.42. The summed E-state index contributed by atoms with van der Waals surface area (Å²) in [5, 5.41) is 4.10. The number of thiol groups is 1. The van der Waals surface area contributed by atoms with Crippen LogP contribution in [0.25, 0.3) is 5.65 Å². The van der Waals surface area contributed by atoms with Crippen molar-refractivity contribution in [2.75, 3.05) is 5.75 Å². The van der Waals surface area contributed by atoms with Gasteiger partial charge in [0.05, 0.1) is 17.5 Å². The van der Waals surface area contributed by atoms with Crippen molar-refractivity contribution in [1.29, 1.82) is 0 Å². The van der Waals surface area contributed by atoms with Gasteiger partial charge < -0.3 is 0 Å². The van der Waals surface area contributed by atoms with E-state index in [2.05, 4.69) is 34.6 Å². The molecular formula is C9H7N3S. The molecule has 4 heteroatoms. The SMILES string of the molecule is SCC#Cc1cnn2cccnc12. The van der Waals surface area contributed by atoms with Gasteiger partial charge in [-0.1, -0.05) is 11.8 Å². The summed E-state index contributed by atoms with van der Waals surface area (Å²) in [5.41, 5.74) is 1.63. The number of rotatable bonds is 0. The second-order valence-electron chi connectivity index (χ2n) is 2.41. The molecule has 2 aromatic heterocycles. The maximum Gasteiger partial charge on any atom is 0.170 e. The molecule has 0 aromatic carbocycles. The average Bonchev–Trinajstić information content (AvgIpc) is 2.58. The van der Waals surface area contributed by atoms with Gasteiger partial charge in [-0.05, 0) is 6.07 Å². The fraction of sp³-hybridized carbons (Fsp3) is 0.111. The lowest BCUT2D eigenvalue weighted by molar-refractivity contribution is 0.939. The van der Waals surface area contributed by atoms with Crippen LogP contribution in [0.2, 0.25) is 0 Å². The van der Waals surface area contributed by atoms with Crippen molar-refractivity contribution < 1.29 is 0 Å². The maximum atomic E-state index is 4.17. The second kappa shape index (κ2) is 3.50. The summed E-state index contributed by atoms with van der Waals surface area (Å²) < 4.78 is 1.70. The smallest absolute Gasteiger partial charge is 0.170 e. The molecule has 0 aliphatic carbocycles. The number of aromatic nitrogens is 3. The van der Waals surface area contributed by atoms with Gasteiger partial charge in [-0.2, -0.15) is 17.7 Å². The molecule has 0 atom stereocenters. The number of nitrogens with zero attached hydrogens (tertiary/aromatic N) is 3. The lowest BCUT2D eigenvalue weighted by atomic mass is 10.3. The van der Waals surface area contributed by atoms with Crippen LogP contribution in [-0.2, 0) is 0 Å². The van der Waals surface area contributed by atoms with Crippen LogP contribution in [-0.4, -0.2) is 20.4 Å². The Morgan fingerprint density at radius 3 is 3.31 bits per heavy atom. The number of hydrogen-bond acceptors (Lipinski definition) is 3. The Balaban J connectivity index is 2.58. The number of fused-ring (bicyclic) bond motifs is 1. The van der Waals surface area contributed by atoms with Crippen molar-refractivity contribution in [3.63, 3.8) is 0 Å². The Bertz CT molecular complexity index is 478. The predicted octanol–water partition coefficient (Wildman–Crippen LogP) is 1.01. The van der Waals surface area contributed by atoms with Crippen molar-refractivity contribution in [3.05, 3.63) is 30.2 Å². The van der Waals surface area contributed by atoms with Crippen molar-refractivity contribution in [2.45, 2.75) is 0 Å². The molecule has 0 bridgehead atoms. The molecule has 0 N–H and O–H groups in total. The summed E-state index contributed by atoms with van der Waals surface area (Å²) in [6.07, 6.45) is 5.27. The molecule has 2 aromatic rings. The van der Waals surface area contributed by atoms with Gasteiger partial charge in [0, 0.05) is 12.4 Å². The fourth-order valence-electron chi connectivity index (χ4n) is 1.05. The van der Waals surface area contributed by atoms with E-state index >= 15 is 0 Å². The largest absolute Gasteiger partial charge is 0.236 e. The molecule has 3 nitrogen and oxygen atoms in total. The molecule has 0 aliphatic heterocycles. The molecule has 0 aliphatic rings. The van der Waals surface area contributed by atoms with Crippen LogP contribution < -0.4 is 0 Å². The van der Waals surface area contributed by atoms with Crippen molar-refractivity contribution in [2.24, 2.45) is 0 Å². The highest BCUT2D eigenvalue weighted by Gasteiger charge is 1.99. The van der Waals surface area contributed by atoms with Crippen molar-refractivity contribution in [3.8, 4) is 11.8 Å². The molecule has 0 saturated heterocycles. The highest BCUT2D eigenvalue weighted by Crippen LogP contribution is 2.04. The van der Waals surface area contributed by atoms with Gasteiger partial charge >= 0.3 is 0 Å². The van der Waals surface area contributed by atoms with E-state index < -0.39 is 0 Å². The third-order valence-electron chi connectivity index (χ3n) is 1.58. The molecule has 0 amide bonds. The van der Waals surface area contributed by atoms with Crippen LogP contribution in [0.15, 0.2) is 24.7 Å². The number of hydrogen-bond donors (Lipinski definition) is 1. The summed E-state index contributed by atoms with van der Waals surface area (Å²) in [6, 6.07) is 1.83. The lowest BCUT2D eigenvalue weighted by Gasteiger charge is -1.88. The van der Waals surface area contributed by atoms with E-state index in [0.29, 0.717) is 5.75 Å². The molecule has 64 valence electrons. The first kappa shape index (κ1) is 8.14. The molecular weight excluding hydrogens is 182 g/mol. The standard InChI is InChI=1S/C9H7N3S/c13-6-1-3-8-7-11-12-5-2-4-10-9(8)12/h2,4-5,7,13H,6H2. The first-order valence-electron chi connectivity index (χ1n) is 3.80. The van der Waals surface area contributed by atoms with Gasteiger partial charge in [0.25, 0.3) is 0 Å². The molecule has 13 heavy (non-hydrogen) atoms. The summed E-state index contributed by atoms with van der Waals surface area (Å²) in [4.78, 5) is 4.17. The molecule has 0 spiro atoms. The fourth-order valence-corrected chi connectivity index (χ4v) is 1.13. The van der Waals surface area contributed by atoms with E-state index in [1.807, 2.05) is 12.3 Å².